The Morgan fingerprint density at radius 2 is 0.897 bits per heavy atom. The average Bonchev–Trinajstić information content (AvgIpc) is 2.75. The topological polar surface area (TPSA) is 30.9 Å². The molecule has 5 heteroatoms. The largest absolute Gasteiger partial charge is 0.332 e. The third kappa shape index (κ3) is 17.4. The number of ether oxygens (including phenoxy) is 3. The second-order valence-corrected chi connectivity index (χ2v) is 9.92. The average molecular weight is 432 g/mol. The molecule has 0 rings (SSSR count). The highest BCUT2D eigenvalue weighted by Gasteiger charge is 2.29. The van der Waals surface area contributed by atoms with Crippen LogP contribution in [0.5, 0.6) is 0 Å². The minimum absolute atomic E-state index is 0.749. The molecular formula is C24H53NO3Si. The molecule has 0 saturated carbocycles. The van der Waals surface area contributed by atoms with E-state index >= 15 is 0 Å². The Morgan fingerprint density at radius 3 is 1.24 bits per heavy atom. The predicted molar refractivity (Wildman–Crippen MR) is 129 cm³/mol. The van der Waals surface area contributed by atoms with E-state index in [1.807, 2.05) is 0 Å². The summed E-state index contributed by atoms with van der Waals surface area (Å²) in [4.78, 5) is 0. The van der Waals surface area contributed by atoms with Crippen LogP contribution in [0.4, 0.5) is 0 Å². The molecule has 0 spiro atoms. The van der Waals surface area contributed by atoms with Crippen LogP contribution in [-0.4, -0.2) is 55.4 Å². The molecule has 0 fully saturated rings. The maximum atomic E-state index is 5.37. The quantitative estimate of drug-likeness (QED) is 0.116. The van der Waals surface area contributed by atoms with Gasteiger partial charge in [-0.25, -0.2) is 0 Å². The van der Waals surface area contributed by atoms with E-state index in [0.717, 1.165) is 23.4 Å². The molecule has 0 unspecified atom stereocenters. The zero-order valence-corrected chi connectivity index (χ0v) is 22.6. The van der Waals surface area contributed by atoms with Crippen molar-refractivity contribution in [3.63, 3.8) is 0 Å². The molecule has 0 atom stereocenters. The molecule has 0 aromatic heterocycles. The minimum atomic E-state index is -0.878. The number of rotatable bonds is 23. The van der Waals surface area contributed by atoms with Gasteiger partial charge in [0.05, 0.1) is 10.4 Å². The van der Waals surface area contributed by atoms with Crippen molar-refractivity contribution < 1.29 is 14.2 Å². The van der Waals surface area contributed by atoms with Crippen molar-refractivity contribution in [2.75, 3.05) is 34.4 Å². The Morgan fingerprint density at radius 1 is 0.552 bits per heavy atom. The second-order valence-electron chi connectivity index (χ2n) is 8.65. The lowest BCUT2D eigenvalue weighted by Gasteiger charge is -2.30. The molecular weight excluding hydrogens is 378 g/mol. The highest BCUT2D eigenvalue weighted by atomic mass is 28.2. The third-order valence-electron chi connectivity index (χ3n) is 6.13. The van der Waals surface area contributed by atoms with Gasteiger partial charge in [-0.2, -0.15) is 0 Å². The van der Waals surface area contributed by atoms with Crippen LogP contribution in [0, 0.1) is 0 Å². The molecule has 0 heterocycles. The van der Waals surface area contributed by atoms with Gasteiger partial charge in [0.25, 0.3) is 5.97 Å². The lowest BCUT2D eigenvalue weighted by molar-refractivity contribution is -0.355. The summed E-state index contributed by atoms with van der Waals surface area (Å²) >= 11 is 0. The van der Waals surface area contributed by atoms with Crippen molar-refractivity contribution >= 4 is 10.4 Å². The molecule has 0 aliphatic rings. The van der Waals surface area contributed by atoms with E-state index in [2.05, 4.69) is 11.5 Å². The van der Waals surface area contributed by atoms with Crippen molar-refractivity contribution in [2.45, 2.75) is 122 Å². The fourth-order valence-corrected chi connectivity index (χ4v) is 4.47. The van der Waals surface area contributed by atoms with Crippen LogP contribution in [0.15, 0.2) is 0 Å². The fourth-order valence-electron chi connectivity index (χ4n) is 3.93. The molecule has 0 radical (unpaired) electrons. The zero-order chi connectivity index (χ0) is 21.6. The van der Waals surface area contributed by atoms with E-state index in [0.29, 0.717) is 0 Å². The molecule has 0 aromatic carbocycles. The van der Waals surface area contributed by atoms with E-state index < -0.39 is 5.97 Å². The number of nitrogens with zero attached hydrogens (tertiary/aromatic N) is 1. The van der Waals surface area contributed by atoms with Gasteiger partial charge >= 0.3 is 0 Å². The molecule has 0 amide bonds. The summed E-state index contributed by atoms with van der Waals surface area (Å²) in [6.07, 6.45) is 23.5. The second kappa shape index (κ2) is 21.3. The molecule has 176 valence electrons. The Kier molecular flexibility index (Phi) is 21.3. The first-order valence-electron chi connectivity index (χ1n) is 12.5. The first-order chi connectivity index (χ1) is 14.1. The van der Waals surface area contributed by atoms with Crippen LogP contribution in [-0.2, 0) is 14.2 Å². The van der Waals surface area contributed by atoms with Crippen molar-refractivity contribution in [1.29, 1.82) is 0 Å². The van der Waals surface area contributed by atoms with Crippen LogP contribution in [0.2, 0.25) is 0 Å². The summed E-state index contributed by atoms with van der Waals surface area (Å²) in [6, 6.07) is 0. The van der Waals surface area contributed by atoms with Crippen LogP contribution >= 0.6 is 0 Å². The van der Waals surface area contributed by atoms with E-state index in [9.17, 15) is 0 Å². The summed E-state index contributed by atoms with van der Waals surface area (Å²) in [5.74, 6) is -0.878. The molecule has 4 nitrogen and oxygen atoms in total. The first-order valence-corrected chi connectivity index (χ1v) is 13.4. The molecule has 0 N–H and O–H groups in total. The first kappa shape index (κ1) is 29.1. The van der Waals surface area contributed by atoms with E-state index in [4.69, 9.17) is 14.2 Å². The normalized spacial score (nSPS) is 12.3. The van der Waals surface area contributed by atoms with Gasteiger partial charge in [-0.3, -0.25) is 0 Å². The summed E-state index contributed by atoms with van der Waals surface area (Å²) in [5, 5.41) is 0. The standard InChI is InChI=1S/C24H53NO3Si/c1-5-6-7-8-9-10-11-12-13-14-15-16-17-18-19-20-22-25(29)23-21-24(26-2,27-3)28-4/h5-23H2,1-4,29H3. The van der Waals surface area contributed by atoms with Gasteiger partial charge in [-0.05, 0) is 19.5 Å². The van der Waals surface area contributed by atoms with E-state index in [1.165, 1.54) is 109 Å². The van der Waals surface area contributed by atoms with Crippen molar-refractivity contribution in [1.82, 2.24) is 4.57 Å². The highest BCUT2D eigenvalue weighted by molar-refractivity contribution is 6.04. The zero-order valence-electron chi connectivity index (χ0n) is 20.6. The summed E-state index contributed by atoms with van der Waals surface area (Å²) in [6.45, 7) is 4.46. The Hall–Kier alpha value is 0.0569. The molecule has 0 aromatic rings. The van der Waals surface area contributed by atoms with Gasteiger partial charge in [0.2, 0.25) is 0 Å². The van der Waals surface area contributed by atoms with Crippen LogP contribution in [0.1, 0.15) is 116 Å². The van der Waals surface area contributed by atoms with Crippen LogP contribution in [0.3, 0.4) is 0 Å². The SMILES string of the molecule is CCCCCCCCCCCCCCCCCCN([SiH3])CCC(OC)(OC)OC. The number of hydrogen-bond donors (Lipinski definition) is 0. The molecule has 0 aliphatic heterocycles. The summed E-state index contributed by atoms with van der Waals surface area (Å²) < 4.78 is 18.6. The van der Waals surface area contributed by atoms with Crippen LogP contribution < -0.4 is 0 Å². The van der Waals surface area contributed by atoms with Crippen LogP contribution in [0.25, 0.3) is 0 Å². The molecule has 0 bridgehead atoms. The van der Waals surface area contributed by atoms with Gasteiger partial charge in [-0.15, -0.1) is 0 Å². The van der Waals surface area contributed by atoms with Crippen molar-refractivity contribution in [3.05, 3.63) is 0 Å². The van der Waals surface area contributed by atoms with Gasteiger partial charge in [-0.1, -0.05) is 103 Å². The Labute approximate surface area is 185 Å². The minimum Gasteiger partial charge on any atom is -0.332 e. The maximum absolute atomic E-state index is 5.37. The molecule has 29 heavy (non-hydrogen) atoms. The van der Waals surface area contributed by atoms with Gasteiger partial charge < -0.3 is 18.8 Å². The van der Waals surface area contributed by atoms with Gasteiger partial charge in [0.15, 0.2) is 0 Å². The third-order valence-corrected chi connectivity index (χ3v) is 7.02. The number of methoxy groups -OCH3 is 3. The fraction of sp³-hybridized carbons (Fsp3) is 1.00. The molecule has 0 aliphatic carbocycles. The summed E-state index contributed by atoms with van der Waals surface area (Å²) in [5.41, 5.74) is 0. The predicted octanol–water partition coefficient (Wildman–Crippen LogP) is 5.81. The highest BCUT2D eigenvalue weighted by Crippen LogP contribution is 2.17. The Balaban J connectivity index is 3.32. The van der Waals surface area contributed by atoms with Gasteiger partial charge in [0.1, 0.15) is 0 Å². The summed E-state index contributed by atoms with van der Waals surface area (Å²) in [7, 11) is 5.99. The van der Waals surface area contributed by atoms with Crippen molar-refractivity contribution in [3.8, 4) is 0 Å². The lowest BCUT2D eigenvalue weighted by Crippen LogP contribution is -2.40. The lowest BCUT2D eigenvalue weighted by atomic mass is 10.0. The number of unbranched alkanes of at least 4 members (excludes halogenated alkanes) is 15. The van der Waals surface area contributed by atoms with Gasteiger partial charge in [0, 0.05) is 27.8 Å². The Bertz CT molecular complexity index is 319. The monoisotopic (exact) mass is 431 g/mol. The van der Waals surface area contributed by atoms with Crippen molar-refractivity contribution in [2.24, 2.45) is 0 Å². The molecule has 0 saturated heterocycles. The smallest absolute Gasteiger partial charge is 0.283 e. The maximum Gasteiger partial charge on any atom is 0.283 e. The van der Waals surface area contributed by atoms with E-state index in [-0.39, 0.29) is 0 Å². The number of hydrogen-bond acceptors (Lipinski definition) is 4. The van der Waals surface area contributed by atoms with E-state index in [1.54, 1.807) is 21.3 Å².